The molecule has 0 aliphatic rings. The number of hydrogen-bond donors (Lipinski definition) is 2. The van der Waals surface area contributed by atoms with E-state index in [-0.39, 0.29) is 0 Å². The van der Waals surface area contributed by atoms with E-state index in [1.165, 1.54) is 0 Å². The summed E-state index contributed by atoms with van der Waals surface area (Å²) in [5.41, 5.74) is 3.64. The van der Waals surface area contributed by atoms with E-state index >= 15 is 0 Å². The number of hydrogen-bond acceptors (Lipinski definition) is 5. The molecule has 0 saturated carbocycles. The molecule has 2 unspecified atom stereocenters. The zero-order chi connectivity index (χ0) is 20.1. The molecule has 2 atom stereocenters. The number of nitriles is 1. The van der Waals surface area contributed by atoms with Crippen LogP contribution < -0.4 is 4.74 Å². The molecule has 2 aromatic carbocycles. The molecule has 0 spiro atoms. The van der Waals surface area contributed by atoms with Gasteiger partial charge in [0.15, 0.2) is 0 Å². The van der Waals surface area contributed by atoms with E-state index in [0.29, 0.717) is 24.1 Å². The van der Waals surface area contributed by atoms with Crippen LogP contribution in [0.3, 0.4) is 0 Å². The standard InChI is InChI=1S/C22H23N3O3/c1-15(26)3-12-22(27)20-13-21(17-6-4-16(14-23)5-7-17)25(24-20)18-8-10-19(28-2)11-9-18/h4-11,13,15,22,26-27H,3,12H2,1-2H3. The summed E-state index contributed by atoms with van der Waals surface area (Å²) >= 11 is 0. The van der Waals surface area contributed by atoms with E-state index in [4.69, 9.17) is 10.00 Å². The molecule has 1 heterocycles. The molecule has 0 aliphatic heterocycles. The van der Waals surface area contributed by atoms with E-state index in [1.54, 1.807) is 30.8 Å². The van der Waals surface area contributed by atoms with Gasteiger partial charge >= 0.3 is 0 Å². The van der Waals surface area contributed by atoms with Gasteiger partial charge in [-0.3, -0.25) is 0 Å². The molecular formula is C22H23N3O3. The van der Waals surface area contributed by atoms with Crippen LogP contribution in [0.1, 0.15) is 37.1 Å². The van der Waals surface area contributed by atoms with Crippen molar-refractivity contribution in [3.8, 4) is 28.8 Å². The van der Waals surface area contributed by atoms with Gasteiger partial charge in [-0.25, -0.2) is 4.68 Å². The lowest BCUT2D eigenvalue weighted by Gasteiger charge is -2.10. The van der Waals surface area contributed by atoms with Crippen molar-refractivity contribution in [3.05, 3.63) is 65.9 Å². The summed E-state index contributed by atoms with van der Waals surface area (Å²) in [6.45, 7) is 1.70. The number of aromatic nitrogens is 2. The highest BCUT2D eigenvalue weighted by Gasteiger charge is 2.18. The predicted molar refractivity (Wildman–Crippen MR) is 106 cm³/mol. The SMILES string of the molecule is COc1ccc(-n2nc(C(O)CCC(C)O)cc2-c2ccc(C#N)cc2)cc1. The summed E-state index contributed by atoms with van der Waals surface area (Å²) in [5, 5.41) is 33.6. The van der Waals surface area contributed by atoms with Crippen molar-refractivity contribution in [3.63, 3.8) is 0 Å². The smallest absolute Gasteiger partial charge is 0.119 e. The maximum Gasteiger partial charge on any atom is 0.119 e. The molecule has 6 heteroatoms. The zero-order valence-electron chi connectivity index (χ0n) is 15.9. The first kappa shape index (κ1) is 19.6. The summed E-state index contributed by atoms with van der Waals surface area (Å²) in [4.78, 5) is 0. The lowest BCUT2D eigenvalue weighted by molar-refractivity contribution is 0.120. The van der Waals surface area contributed by atoms with E-state index in [1.807, 2.05) is 42.5 Å². The van der Waals surface area contributed by atoms with Gasteiger partial charge in [0.2, 0.25) is 0 Å². The van der Waals surface area contributed by atoms with Gasteiger partial charge in [-0.1, -0.05) is 12.1 Å². The second kappa shape index (κ2) is 8.70. The Morgan fingerprint density at radius 3 is 2.32 bits per heavy atom. The van der Waals surface area contributed by atoms with Crippen LogP contribution in [-0.4, -0.2) is 33.2 Å². The summed E-state index contributed by atoms with van der Waals surface area (Å²) in [5.74, 6) is 0.744. The lowest BCUT2D eigenvalue weighted by atomic mass is 10.1. The first-order valence-electron chi connectivity index (χ1n) is 9.13. The Balaban J connectivity index is 2.02. The van der Waals surface area contributed by atoms with Gasteiger partial charge in [0, 0.05) is 5.56 Å². The highest BCUT2D eigenvalue weighted by molar-refractivity contribution is 5.64. The molecule has 3 aromatic rings. The second-order valence-electron chi connectivity index (χ2n) is 6.70. The van der Waals surface area contributed by atoms with Crippen molar-refractivity contribution in [2.45, 2.75) is 32.0 Å². The van der Waals surface area contributed by atoms with Gasteiger partial charge in [-0.05, 0) is 62.2 Å². The third-order valence-corrected chi connectivity index (χ3v) is 4.55. The number of aliphatic hydroxyl groups is 2. The Kier molecular flexibility index (Phi) is 6.09. The van der Waals surface area contributed by atoms with E-state index < -0.39 is 12.2 Å². The van der Waals surface area contributed by atoms with Gasteiger partial charge in [-0.2, -0.15) is 10.4 Å². The van der Waals surface area contributed by atoms with Gasteiger partial charge in [0.05, 0.1) is 48.0 Å². The third kappa shape index (κ3) is 4.39. The quantitative estimate of drug-likeness (QED) is 0.656. The summed E-state index contributed by atoms with van der Waals surface area (Å²) < 4.78 is 6.98. The average Bonchev–Trinajstić information content (AvgIpc) is 3.17. The largest absolute Gasteiger partial charge is 0.497 e. The van der Waals surface area contributed by atoms with Crippen LogP contribution in [0.4, 0.5) is 0 Å². The predicted octanol–water partition coefficient (Wildman–Crippen LogP) is 3.61. The van der Waals surface area contributed by atoms with E-state index in [0.717, 1.165) is 22.7 Å². The number of nitrogens with zero attached hydrogens (tertiary/aromatic N) is 3. The van der Waals surface area contributed by atoms with Gasteiger partial charge in [0.25, 0.3) is 0 Å². The van der Waals surface area contributed by atoms with Crippen LogP contribution in [0.15, 0.2) is 54.6 Å². The Morgan fingerprint density at radius 2 is 1.75 bits per heavy atom. The number of benzene rings is 2. The maximum absolute atomic E-state index is 10.5. The van der Waals surface area contributed by atoms with Gasteiger partial charge in [0.1, 0.15) is 5.75 Å². The molecular weight excluding hydrogens is 354 g/mol. The van der Waals surface area contributed by atoms with Crippen molar-refractivity contribution in [2.24, 2.45) is 0 Å². The average molecular weight is 377 g/mol. The molecule has 3 rings (SSSR count). The number of methoxy groups -OCH3 is 1. The molecule has 0 amide bonds. The fraction of sp³-hybridized carbons (Fsp3) is 0.273. The molecule has 0 saturated heterocycles. The van der Waals surface area contributed by atoms with Crippen molar-refractivity contribution >= 4 is 0 Å². The topological polar surface area (TPSA) is 91.3 Å². The summed E-state index contributed by atoms with van der Waals surface area (Å²) in [7, 11) is 1.61. The number of rotatable bonds is 7. The molecule has 0 radical (unpaired) electrons. The molecule has 0 fully saturated rings. The first-order chi connectivity index (χ1) is 13.5. The van der Waals surface area contributed by atoms with Crippen LogP contribution in [-0.2, 0) is 0 Å². The zero-order valence-corrected chi connectivity index (χ0v) is 15.9. The highest BCUT2D eigenvalue weighted by Crippen LogP contribution is 2.29. The minimum atomic E-state index is -0.772. The van der Waals surface area contributed by atoms with Gasteiger partial charge in [-0.15, -0.1) is 0 Å². The fourth-order valence-electron chi connectivity index (χ4n) is 2.95. The molecule has 1 aromatic heterocycles. The molecule has 6 nitrogen and oxygen atoms in total. The highest BCUT2D eigenvalue weighted by atomic mass is 16.5. The normalized spacial score (nSPS) is 13.0. The summed E-state index contributed by atoms with van der Waals surface area (Å²) in [6.07, 6.45) is -0.338. The molecule has 2 N–H and O–H groups in total. The third-order valence-electron chi connectivity index (χ3n) is 4.55. The minimum Gasteiger partial charge on any atom is -0.497 e. The minimum absolute atomic E-state index is 0.421. The van der Waals surface area contributed by atoms with Gasteiger partial charge < -0.3 is 14.9 Å². The summed E-state index contributed by atoms with van der Waals surface area (Å²) in [6, 6.07) is 18.7. The van der Waals surface area contributed by atoms with Crippen molar-refractivity contribution in [2.75, 3.05) is 7.11 Å². The van der Waals surface area contributed by atoms with Crippen LogP contribution in [0, 0.1) is 11.3 Å². The fourth-order valence-corrected chi connectivity index (χ4v) is 2.95. The number of ether oxygens (including phenoxy) is 1. The Morgan fingerprint density at radius 1 is 1.07 bits per heavy atom. The van der Waals surface area contributed by atoms with Crippen LogP contribution in [0.5, 0.6) is 5.75 Å². The second-order valence-corrected chi connectivity index (χ2v) is 6.70. The van der Waals surface area contributed by atoms with Crippen molar-refractivity contribution < 1.29 is 14.9 Å². The monoisotopic (exact) mass is 377 g/mol. The molecule has 144 valence electrons. The maximum atomic E-state index is 10.5. The first-order valence-corrected chi connectivity index (χ1v) is 9.13. The van der Waals surface area contributed by atoms with Crippen LogP contribution >= 0.6 is 0 Å². The molecule has 0 bridgehead atoms. The number of aliphatic hydroxyl groups excluding tert-OH is 2. The van der Waals surface area contributed by atoms with Crippen LogP contribution in [0.25, 0.3) is 16.9 Å². The Bertz CT molecular complexity index is 954. The van der Waals surface area contributed by atoms with E-state index in [9.17, 15) is 10.2 Å². The molecule has 0 aliphatic carbocycles. The Hall–Kier alpha value is -3.14. The molecule has 28 heavy (non-hydrogen) atoms. The Labute approximate surface area is 164 Å². The van der Waals surface area contributed by atoms with Crippen molar-refractivity contribution in [1.29, 1.82) is 5.26 Å². The lowest BCUT2D eigenvalue weighted by Crippen LogP contribution is -2.06. The van der Waals surface area contributed by atoms with Crippen LogP contribution in [0.2, 0.25) is 0 Å². The van der Waals surface area contributed by atoms with E-state index in [2.05, 4.69) is 11.2 Å². The van der Waals surface area contributed by atoms with Crippen molar-refractivity contribution in [1.82, 2.24) is 9.78 Å².